The Balaban J connectivity index is 1.41. The van der Waals surface area contributed by atoms with Crippen LogP contribution in [-0.2, 0) is 0 Å². The molecule has 3 aliphatic rings. The first-order valence-electron chi connectivity index (χ1n) is 7.27. The second-order valence-electron chi connectivity index (χ2n) is 6.33. The third-order valence-corrected chi connectivity index (χ3v) is 5.16. The smallest absolute Gasteiger partial charge is 0.00922 e. The molecule has 2 heteroatoms. The minimum absolute atomic E-state index is 0.873. The molecule has 2 nitrogen and oxygen atoms in total. The van der Waals surface area contributed by atoms with Crippen molar-refractivity contribution in [3.63, 3.8) is 0 Å². The van der Waals surface area contributed by atoms with Crippen molar-refractivity contribution in [1.82, 2.24) is 10.2 Å². The third-order valence-electron chi connectivity index (χ3n) is 5.16. The summed E-state index contributed by atoms with van der Waals surface area (Å²) in [5.74, 6) is 1.02. The third kappa shape index (κ3) is 2.28. The van der Waals surface area contributed by atoms with Crippen LogP contribution in [-0.4, -0.2) is 36.6 Å². The van der Waals surface area contributed by atoms with Gasteiger partial charge in [-0.1, -0.05) is 6.42 Å². The predicted molar refractivity (Wildman–Crippen MR) is 67.6 cm³/mol. The average Bonchev–Trinajstić information content (AvgIpc) is 2.52. The van der Waals surface area contributed by atoms with E-state index in [4.69, 9.17) is 0 Å². The number of fused-ring (bicyclic) bond motifs is 2. The van der Waals surface area contributed by atoms with Crippen molar-refractivity contribution in [2.75, 3.05) is 13.6 Å². The van der Waals surface area contributed by atoms with E-state index >= 15 is 0 Å². The maximum Gasteiger partial charge on any atom is 0.00922 e. The molecule has 92 valence electrons. The van der Waals surface area contributed by atoms with E-state index in [9.17, 15) is 0 Å². The summed E-state index contributed by atoms with van der Waals surface area (Å²) in [6.07, 6.45) is 11.6. The van der Waals surface area contributed by atoms with Gasteiger partial charge in [0.25, 0.3) is 0 Å². The molecule has 2 unspecified atom stereocenters. The van der Waals surface area contributed by atoms with E-state index in [1.54, 1.807) is 0 Å². The molecule has 16 heavy (non-hydrogen) atoms. The van der Waals surface area contributed by atoms with Gasteiger partial charge < -0.3 is 10.2 Å². The number of nitrogens with one attached hydrogen (secondary N) is 1. The Bertz CT molecular complexity index is 225. The fraction of sp³-hybridized carbons (Fsp3) is 1.00. The van der Waals surface area contributed by atoms with Gasteiger partial charge in [-0.2, -0.15) is 0 Å². The highest BCUT2D eigenvalue weighted by Gasteiger charge is 2.33. The van der Waals surface area contributed by atoms with Gasteiger partial charge in [0.1, 0.15) is 0 Å². The van der Waals surface area contributed by atoms with Crippen molar-refractivity contribution < 1.29 is 0 Å². The lowest BCUT2D eigenvalue weighted by Crippen LogP contribution is -2.41. The SMILES string of the molecule is CN(CCC1CC2CCC(C1)N2)C1CCC1. The van der Waals surface area contributed by atoms with Gasteiger partial charge in [-0.05, 0) is 64.5 Å². The minimum Gasteiger partial charge on any atom is -0.311 e. The molecular formula is C14H26N2. The Morgan fingerprint density at radius 2 is 1.75 bits per heavy atom. The maximum absolute atomic E-state index is 3.74. The largest absolute Gasteiger partial charge is 0.311 e. The summed E-state index contributed by atoms with van der Waals surface area (Å²) in [6, 6.07) is 2.67. The van der Waals surface area contributed by atoms with Crippen molar-refractivity contribution in [3.05, 3.63) is 0 Å². The van der Waals surface area contributed by atoms with Gasteiger partial charge in [-0.15, -0.1) is 0 Å². The lowest BCUT2D eigenvalue weighted by Gasteiger charge is -2.36. The molecule has 2 aliphatic heterocycles. The van der Waals surface area contributed by atoms with Crippen molar-refractivity contribution in [2.45, 2.75) is 69.5 Å². The van der Waals surface area contributed by atoms with E-state index < -0.39 is 0 Å². The Hall–Kier alpha value is -0.0800. The van der Waals surface area contributed by atoms with Crippen molar-refractivity contribution in [2.24, 2.45) is 5.92 Å². The Morgan fingerprint density at radius 3 is 2.31 bits per heavy atom. The van der Waals surface area contributed by atoms with Gasteiger partial charge in [0, 0.05) is 18.1 Å². The molecule has 0 aromatic heterocycles. The first-order chi connectivity index (χ1) is 7.81. The van der Waals surface area contributed by atoms with Crippen LogP contribution in [0.15, 0.2) is 0 Å². The topological polar surface area (TPSA) is 15.3 Å². The van der Waals surface area contributed by atoms with E-state index in [-0.39, 0.29) is 0 Å². The molecule has 0 spiro atoms. The first kappa shape index (κ1) is 11.0. The van der Waals surface area contributed by atoms with Crippen LogP contribution in [0.25, 0.3) is 0 Å². The lowest BCUT2D eigenvalue weighted by atomic mass is 9.88. The van der Waals surface area contributed by atoms with Crippen LogP contribution in [0.4, 0.5) is 0 Å². The maximum atomic E-state index is 3.74. The van der Waals surface area contributed by atoms with Crippen LogP contribution < -0.4 is 5.32 Å². The van der Waals surface area contributed by atoms with Crippen LogP contribution in [0, 0.1) is 5.92 Å². The summed E-state index contributed by atoms with van der Waals surface area (Å²) >= 11 is 0. The van der Waals surface area contributed by atoms with E-state index in [2.05, 4.69) is 17.3 Å². The minimum atomic E-state index is 0.873. The van der Waals surface area contributed by atoms with Gasteiger partial charge in [-0.25, -0.2) is 0 Å². The molecule has 3 fully saturated rings. The Kier molecular flexibility index (Phi) is 3.21. The van der Waals surface area contributed by atoms with E-state index in [0.717, 1.165) is 24.0 Å². The zero-order valence-electron chi connectivity index (χ0n) is 10.6. The van der Waals surface area contributed by atoms with E-state index in [1.165, 1.54) is 57.9 Å². The van der Waals surface area contributed by atoms with E-state index in [1.807, 2.05) is 0 Å². The van der Waals surface area contributed by atoms with Crippen molar-refractivity contribution >= 4 is 0 Å². The van der Waals surface area contributed by atoms with Crippen LogP contribution in [0.1, 0.15) is 51.4 Å². The van der Waals surface area contributed by atoms with Crippen LogP contribution in [0.2, 0.25) is 0 Å². The van der Waals surface area contributed by atoms with Crippen LogP contribution in [0.3, 0.4) is 0 Å². The first-order valence-corrected chi connectivity index (χ1v) is 7.27. The highest BCUT2D eigenvalue weighted by atomic mass is 15.1. The molecule has 2 heterocycles. The van der Waals surface area contributed by atoms with Gasteiger partial charge in [0.05, 0.1) is 0 Å². The van der Waals surface area contributed by atoms with Crippen LogP contribution >= 0.6 is 0 Å². The molecule has 2 atom stereocenters. The molecule has 1 saturated carbocycles. The standard InChI is InChI=1S/C14H26N2/c1-16(14-3-2-4-14)8-7-11-9-12-5-6-13(10-11)15-12/h11-15H,2-10H2,1H3. The molecular weight excluding hydrogens is 196 g/mol. The number of rotatable bonds is 4. The Morgan fingerprint density at radius 1 is 1.06 bits per heavy atom. The molecule has 1 aliphatic carbocycles. The molecule has 0 aromatic rings. The summed E-state index contributed by atoms with van der Waals surface area (Å²) in [5.41, 5.74) is 0. The summed E-state index contributed by atoms with van der Waals surface area (Å²) in [5, 5.41) is 3.74. The van der Waals surface area contributed by atoms with Crippen molar-refractivity contribution in [3.8, 4) is 0 Å². The average molecular weight is 222 g/mol. The molecule has 2 bridgehead atoms. The quantitative estimate of drug-likeness (QED) is 0.786. The van der Waals surface area contributed by atoms with Crippen molar-refractivity contribution in [1.29, 1.82) is 0 Å². The molecule has 0 radical (unpaired) electrons. The fourth-order valence-electron chi connectivity index (χ4n) is 3.81. The van der Waals surface area contributed by atoms with E-state index in [0.29, 0.717) is 0 Å². The number of hydrogen-bond donors (Lipinski definition) is 1. The normalized spacial score (nSPS) is 39.0. The molecule has 2 saturated heterocycles. The monoisotopic (exact) mass is 222 g/mol. The molecule has 0 amide bonds. The second-order valence-corrected chi connectivity index (χ2v) is 6.33. The summed E-state index contributed by atoms with van der Waals surface area (Å²) in [4.78, 5) is 2.62. The molecule has 3 rings (SSSR count). The summed E-state index contributed by atoms with van der Waals surface area (Å²) in [7, 11) is 2.33. The number of piperidine rings is 1. The van der Waals surface area contributed by atoms with Crippen LogP contribution in [0.5, 0.6) is 0 Å². The highest BCUT2D eigenvalue weighted by Crippen LogP contribution is 2.33. The zero-order valence-corrected chi connectivity index (χ0v) is 10.6. The Labute approximate surface area is 99.8 Å². The number of hydrogen-bond acceptors (Lipinski definition) is 2. The molecule has 0 aromatic carbocycles. The molecule has 1 N–H and O–H groups in total. The van der Waals surface area contributed by atoms with Gasteiger partial charge in [0.15, 0.2) is 0 Å². The number of nitrogens with zero attached hydrogens (tertiary/aromatic N) is 1. The summed E-state index contributed by atoms with van der Waals surface area (Å²) < 4.78 is 0. The predicted octanol–water partition coefficient (Wildman–Crippen LogP) is 2.39. The van der Waals surface area contributed by atoms with Gasteiger partial charge in [0.2, 0.25) is 0 Å². The fourth-order valence-corrected chi connectivity index (χ4v) is 3.81. The highest BCUT2D eigenvalue weighted by molar-refractivity contribution is 4.92. The lowest BCUT2D eigenvalue weighted by molar-refractivity contribution is 0.143. The zero-order chi connectivity index (χ0) is 11.0. The van der Waals surface area contributed by atoms with Gasteiger partial charge in [-0.3, -0.25) is 0 Å². The second kappa shape index (κ2) is 4.66. The summed E-state index contributed by atoms with van der Waals surface area (Å²) in [6.45, 7) is 1.34. The van der Waals surface area contributed by atoms with Gasteiger partial charge >= 0.3 is 0 Å².